The molecule has 9 heteroatoms. The molecule has 1 heterocycles. The van der Waals surface area contributed by atoms with Crippen molar-refractivity contribution in [1.29, 1.82) is 0 Å². The minimum atomic E-state index is -4.52. The van der Waals surface area contributed by atoms with Gasteiger partial charge in [-0.25, -0.2) is 0 Å². The topological polar surface area (TPSA) is 70.2 Å². The van der Waals surface area contributed by atoms with Gasteiger partial charge in [0.15, 0.2) is 0 Å². The predicted octanol–water partition coefficient (Wildman–Crippen LogP) is 4.07. The van der Waals surface area contributed by atoms with Crippen molar-refractivity contribution in [3.63, 3.8) is 0 Å². The van der Waals surface area contributed by atoms with Crippen molar-refractivity contribution in [2.24, 2.45) is 0 Å². The van der Waals surface area contributed by atoms with Crippen LogP contribution in [0.3, 0.4) is 0 Å². The first kappa shape index (κ1) is 21.7. The number of nitrogens with one attached hydrogen (secondary N) is 3. The van der Waals surface area contributed by atoms with E-state index in [1.54, 1.807) is 24.3 Å². The molecule has 3 N–H and O–H groups in total. The molecule has 1 aliphatic heterocycles. The lowest BCUT2D eigenvalue weighted by Gasteiger charge is -2.13. The van der Waals surface area contributed by atoms with Gasteiger partial charge in [0.05, 0.1) is 11.6 Å². The van der Waals surface area contributed by atoms with Crippen LogP contribution in [0.5, 0.6) is 0 Å². The molecule has 2 aromatic rings. The van der Waals surface area contributed by atoms with Gasteiger partial charge in [0.2, 0.25) is 5.91 Å². The zero-order valence-corrected chi connectivity index (χ0v) is 15.5. The van der Waals surface area contributed by atoms with Gasteiger partial charge in [-0.2, -0.15) is 13.2 Å². The van der Waals surface area contributed by atoms with Crippen molar-refractivity contribution in [1.82, 2.24) is 5.32 Å². The van der Waals surface area contributed by atoms with Gasteiger partial charge in [0, 0.05) is 16.9 Å². The summed E-state index contributed by atoms with van der Waals surface area (Å²) in [6, 6.07) is 10.4. The van der Waals surface area contributed by atoms with Gasteiger partial charge in [-0.3, -0.25) is 9.59 Å². The Morgan fingerprint density at radius 3 is 2.32 bits per heavy atom. The van der Waals surface area contributed by atoms with Gasteiger partial charge in [-0.05, 0) is 55.8 Å². The van der Waals surface area contributed by atoms with E-state index in [9.17, 15) is 22.8 Å². The number of hydrogen-bond donors (Lipinski definition) is 3. The fraction of sp³-hybridized carbons (Fsp3) is 0.263. The molecule has 2 amide bonds. The fourth-order valence-corrected chi connectivity index (χ4v) is 2.85. The van der Waals surface area contributed by atoms with Crippen LogP contribution in [0.15, 0.2) is 48.5 Å². The predicted molar refractivity (Wildman–Crippen MR) is 103 cm³/mol. The Kier molecular flexibility index (Phi) is 7.04. The van der Waals surface area contributed by atoms with E-state index in [0.717, 1.165) is 31.5 Å². The Bertz CT molecular complexity index is 852. The van der Waals surface area contributed by atoms with Crippen LogP contribution in [0.1, 0.15) is 28.8 Å². The lowest BCUT2D eigenvalue weighted by Crippen LogP contribution is -2.35. The third kappa shape index (κ3) is 5.46. The Labute approximate surface area is 166 Å². The SMILES string of the molecule is Cl.O=C(Nc1cccc(NC(=O)C2CCCN2)c1)c1cccc(C(F)(F)F)c1. The molecule has 0 aliphatic carbocycles. The van der Waals surface area contributed by atoms with Crippen LogP contribution >= 0.6 is 12.4 Å². The summed E-state index contributed by atoms with van der Waals surface area (Å²) in [5.41, 5.74) is -0.125. The molecule has 0 bridgehead atoms. The summed E-state index contributed by atoms with van der Waals surface area (Å²) in [5.74, 6) is -0.823. The van der Waals surface area contributed by atoms with Gasteiger partial charge in [0.25, 0.3) is 5.91 Å². The maximum Gasteiger partial charge on any atom is 0.416 e. The average molecular weight is 414 g/mol. The van der Waals surface area contributed by atoms with Crippen molar-refractivity contribution in [3.05, 3.63) is 59.7 Å². The van der Waals surface area contributed by atoms with E-state index >= 15 is 0 Å². The van der Waals surface area contributed by atoms with Crippen LogP contribution in [0.4, 0.5) is 24.5 Å². The summed E-state index contributed by atoms with van der Waals surface area (Å²) in [7, 11) is 0. The molecule has 0 saturated carbocycles. The van der Waals surface area contributed by atoms with Crippen LogP contribution in [0, 0.1) is 0 Å². The molecule has 150 valence electrons. The number of hydrogen-bond acceptors (Lipinski definition) is 3. The molecule has 1 unspecified atom stereocenters. The Morgan fingerprint density at radius 1 is 1.00 bits per heavy atom. The number of carbonyl (C=O) groups is 2. The number of amides is 2. The molecule has 1 aliphatic rings. The quantitative estimate of drug-likeness (QED) is 0.707. The smallest absolute Gasteiger partial charge is 0.325 e. The number of anilines is 2. The average Bonchev–Trinajstić information content (AvgIpc) is 3.16. The summed E-state index contributed by atoms with van der Waals surface area (Å²) in [5, 5.41) is 8.40. The van der Waals surface area contributed by atoms with Gasteiger partial charge >= 0.3 is 6.18 Å². The summed E-state index contributed by atoms with van der Waals surface area (Å²) < 4.78 is 38.4. The third-order valence-electron chi connectivity index (χ3n) is 4.22. The molecular formula is C19H19ClF3N3O2. The van der Waals surface area contributed by atoms with E-state index in [4.69, 9.17) is 0 Å². The zero-order chi connectivity index (χ0) is 19.4. The molecule has 1 atom stereocenters. The Balaban J connectivity index is 0.00000280. The normalized spacial score (nSPS) is 16.2. The van der Waals surface area contributed by atoms with Crippen LogP contribution in [-0.2, 0) is 11.0 Å². The van der Waals surface area contributed by atoms with E-state index in [-0.39, 0.29) is 29.9 Å². The van der Waals surface area contributed by atoms with Crippen molar-refractivity contribution >= 4 is 35.6 Å². The van der Waals surface area contributed by atoms with Crippen LogP contribution in [0.25, 0.3) is 0 Å². The lowest BCUT2D eigenvalue weighted by atomic mass is 10.1. The van der Waals surface area contributed by atoms with E-state index in [1.165, 1.54) is 12.1 Å². The molecule has 1 fully saturated rings. The molecule has 3 rings (SSSR count). The number of benzene rings is 2. The molecule has 0 radical (unpaired) electrons. The molecule has 0 aromatic heterocycles. The largest absolute Gasteiger partial charge is 0.416 e. The van der Waals surface area contributed by atoms with Gasteiger partial charge in [-0.15, -0.1) is 12.4 Å². The highest BCUT2D eigenvalue weighted by atomic mass is 35.5. The van der Waals surface area contributed by atoms with Crippen LogP contribution in [-0.4, -0.2) is 24.4 Å². The van der Waals surface area contributed by atoms with Crippen LogP contribution < -0.4 is 16.0 Å². The first-order valence-electron chi connectivity index (χ1n) is 8.46. The number of carbonyl (C=O) groups excluding carboxylic acids is 2. The van der Waals surface area contributed by atoms with Crippen molar-refractivity contribution < 1.29 is 22.8 Å². The van der Waals surface area contributed by atoms with Crippen LogP contribution in [0.2, 0.25) is 0 Å². The summed E-state index contributed by atoms with van der Waals surface area (Å²) in [6.45, 7) is 0.797. The Morgan fingerprint density at radius 2 is 1.68 bits per heavy atom. The minimum absolute atomic E-state index is 0. The second-order valence-corrected chi connectivity index (χ2v) is 6.25. The van der Waals surface area contributed by atoms with Gasteiger partial charge in [0.1, 0.15) is 0 Å². The molecule has 5 nitrogen and oxygen atoms in total. The van der Waals surface area contributed by atoms with Crippen molar-refractivity contribution in [3.8, 4) is 0 Å². The number of alkyl halides is 3. The monoisotopic (exact) mass is 413 g/mol. The molecule has 1 saturated heterocycles. The van der Waals surface area contributed by atoms with Crippen molar-refractivity contribution in [2.75, 3.05) is 17.2 Å². The zero-order valence-electron chi connectivity index (χ0n) is 14.7. The first-order valence-corrected chi connectivity index (χ1v) is 8.46. The Hall–Kier alpha value is -2.58. The second kappa shape index (κ2) is 9.07. The number of rotatable bonds is 4. The highest BCUT2D eigenvalue weighted by molar-refractivity contribution is 6.05. The van der Waals surface area contributed by atoms with E-state index in [2.05, 4.69) is 16.0 Å². The molecular weight excluding hydrogens is 395 g/mol. The standard InChI is InChI=1S/C19H18F3N3O2.ClH/c20-19(21,22)13-5-1-4-12(10-13)17(26)24-14-6-2-7-15(11-14)25-18(27)16-8-3-9-23-16;/h1-2,4-7,10-11,16,23H,3,8-9H2,(H,24,26)(H,25,27);1H. The van der Waals surface area contributed by atoms with E-state index in [1.807, 2.05) is 0 Å². The fourth-order valence-electron chi connectivity index (χ4n) is 2.85. The molecule has 0 spiro atoms. The minimum Gasteiger partial charge on any atom is -0.325 e. The maximum atomic E-state index is 12.8. The number of halogens is 4. The third-order valence-corrected chi connectivity index (χ3v) is 4.22. The summed E-state index contributed by atoms with van der Waals surface area (Å²) in [6.07, 6.45) is -2.82. The summed E-state index contributed by atoms with van der Waals surface area (Å²) in [4.78, 5) is 24.4. The van der Waals surface area contributed by atoms with Gasteiger partial charge in [-0.1, -0.05) is 12.1 Å². The molecule has 28 heavy (non-hydrogen) atoms. The van der Waals surface area contributed by atoms with E-state index < -0.39 is 17.6 Å². The van der Waals surface area contributed by atoms with Crippen molar-refractivity contribution in [2.45, 2.75) is 25.1 Å². The first-order chi connectivity index (χ1) is 12.8. The highest BCUT2D eigenvalue weighted by Crippen LogP contribution is 2.29. The van der Waals surface area contributed by atoms with Gasteiger partial charge < -0.3 is 16.0 Å². The highest BCUT2D eigenvalue weighted by Gasteiger charge is 2.31. The maximum absolute atomic E-state index is 12.8. The lowest BCUT2D eigenvalue weighted by molar-refractivity contribution is -0.137. The molecule has 2 aromatic carbocycles. The summed E-state index contributed by atoms with van der Waals surface area (Å²) >= 11 is 0. The second-order valence-electron chi connectivity index (χ2n) is 6.25. The van der Waals surface area contributed by atoms with E-state index in [0.29, 0.717) is 11.4 Å².